The molecule has 1 fully saturated rings. The number of hydrogen-bond donors (Lipinski definition) is 1. The lowest BCUT2D eigenvalue weighted by atomic mass is 10.0. The molecule has 5 nitrogen and oxygen atoms in total. The van der Waals surface area contributed by atoms with Gasteiger partial charge in [-0.15, -0.1) is 0 Å². The number of aromatic carboxylic acids is 1. The molecule has 1 aliphatic rings. The maximum absolute atomic E-state index is 10.6. The maximum Gasteiger partial charge on any atom is 0.338 e. The first kappa shape index (κ1) is 10.9. The molecular weight excluding hydrogens is 206 g/mol. The van der Waals surface area contributed by atoms with Gasteiger partial charge in [0.05, 0.1) is 5.56 Å². The van der Waals surface area contributed by atoms with Gasteiger partial charge in [-0.25, -0.2) is 14.8 Å². The molecule has 5 heteroatoms. The Morgan fingerprint density at radius 3 is 2.25 bits per heavy atom. The number of carboxylic acids is 1. The quantitative estimate of drug-likeness (QED) is 0.814. The molecule has 0 radical (unpaired) electrons. The largest absolute Gasteiger partial charge is 0.478 e. The van der Waals surface area contributed by atoms with E-state index in [2.05, 4.69) is 28.7 Å². The van der Waals surface area contributed by atoms with Crippen molar-refractivity contribution in [3.05, 3.63) is 18.0 Å². The minimum Gasteiger partial charge on any atom is -0.478 e. The van der Waals surface area contributed by atoms with Crippen molar-refractivity contribution >= 4 is 11.9 Å². The fraction of sp³-hybridized carbons (Fsp3) is 0.545. The molecule has 0 amide bonds. The summed E-state index contributed by atoms with van der Waals surface area (Å²) in [5.41, 5.74) is 0.129. The maximum atomic E-state index is 10.6. The molecule has 0 saturated carbocycles. The van der Waals surface area contributed by atoms with E-state index in [4.69, 9.17) is 5.11 Å². The van der Waals surface area contributed by atoms with Gasteiger partial charge >= 0.3 is 5.97 Å². The Balaban J connectivity index is 2.14. The molecule has 1 aliphatic heterocycles. The number of hydrogen-bond acceptors (Lipinski definition) is 4. The van der Waals surface area contributed by atoms with Crippen LogP contribution >= 0.6 is 0 Å². The first-order valence-electron chi connectivity index (χ1n) is 5.38. The van der Waals surface area contributed by atoms with E-state index in [9.17, 15) is 4.79 Å². The number of rotatable bonds is 2. The molecule has 2 unspecified atom stereocenters. The van der Waals surface area contributed by atoms with Gasteiger partial charge < -0.3 is 10.0 Å². The molecular formula is C11H15N3O2. The van der Waals surface area contributed by atoms with Crippen LogP contribution in [-0.4, -0.2) is 34.1 Å². The highest BCUT2D eigenvalue weighted by Crippen LogP contribution is 2.24. The van der Waals surface area contributed by atoms with Crippen molar-refractivity contribution in [3.8, 4) is 0 Å². The Morgan fingerprint density at radius 2 is 1.81 bits per heavy atom. The van der Waals surface area contributed by atoms with Gasteiger partial charge in [-0.2, -0.15) is 0 Å². The van der Waals surface area contributed by atoms with E-state index in [1.165, 1.54) is 12.4 Å². The average Bonchev–Trinajstić information content (AvgIpc) is 2.59. The van der Waals surface area contributed by atoms with Crippen LogP contribution in [0.2, 0.25) is 0 Å². The summed E-state index contributed by atoms with van der Waals surface area (Å²) in [7, 11) is 0. The van der Waals surface area contributed by atoms with Crippen LogP contribution in [0.25, 0.3) is 0 Å². The zero-order valence-corrected chi connectivity index (χ0v) is 9.42. The van der Waals surface area contributed by atoms with E-state index in [0.29, 0.717) is 17.8 Å². The predicted molar refractivity (Wildman–Crippen MR) is 59.5 cm³/mol. The second-order valence-corrected chi connectivity index (χ2v) is 4.44. The number of nitrogens with zero attached hydrogens (tertiary/aromatic N) is 3. The molecule has 0 spiro atoms. The second-order valence-electron chi connectivity index (χ2n) is 4.44. The first-order chi connectivity index (χ1) is 7.58. The van der Waals surface area contributed by atoms with E-state index >= 15 is 0 Å². The fourth-order valence-electron chi connectivity index (χ4n) is 1.89. The van der Waals surface area contributed by atoms with Crippen LogP contribution in [0, 0.1) is 11.8 Å². The summed E-state index contributed by atoms with van der Waals surface area (Å²) in [4.78, 5) is 20.9. The Labute approximate surface area is 94.1 Å². The normalized spacial score (nSPS) is 24.8. The lowest BCUT2D eigenvalue weighted by Gasteiger charge is -2.15. The standard InChI is InChI=1S/C11H15N3O2/c1-7-5-14(6-8(7)2)11-12-3-9(4-13-11)10(15)16/h3-4,7-8H,5-6H2,1-2H3,(H,15,16). The lowest BCUT2D eigenvalue weighted by Crippen LogP contribution is -2.22. The Morgan fingerprint density at radius 1 is 1.31 bits per heavy atom. The van der Waals surface area contributed by atoms with Crippen LogP contribution in [0.15, 0.2) is 12.4 Å². The molecule has 1 N–H and O–H groups in total. The first-order valence-corrected chi connectivity index (χ1v) is 5.38. The lowest BCUT2D eigenvalue weighted by molar-refractivity contribution is 0.0696. The Hall–Kier alpha value is -1.65. The Bertz CT molecular complexity index is 381. The highest BCUT2D eigenvalue weighted by atomic mass is 16.4. The second kappa shape index (κ2) is 4.08. The van der Waals surface area contributed by atoms with Gasteiger partial charge in [0, 0.05) is 25.5 Å². The number of anilines is 1. The van der Waals surface area contributed by atoms with Gasteiger partial charge in [0.2, 0.25) is 5.95 Å². The van der Waals surface area contributed by atoms with Crippen LogP contribution in [-0.2, 0) is 0 Å². The summed E-state index contributed by atoms with van der Waals surface area (Å²) in [6.45, 7) is 6.29. The highest BCUT2D eigenvalue weighted by Gasteiger charge is 2.27. The molecule has 0 aliphatic carbocycles. The van der Waals surface area contributed by atoms with Crippen LogP contribution < -0.4 is 4.90 Å². The van der Waals surface area contributed by atoms with Crippen LogP contribution in [0.4, 0.5) is 5.95 Å². The van der Waals surface area contributed by atoms with Crippen molar-refractivity contribution in [2.45, 2.75) is 13.8 Å². The zero-order chi connectivity index (χ0) is 11.7. The summed E-state index contributed by atoms with van der Waals surface area (Å²) < 4.78 is 0. The monoisotopic (exact) mass is 221 g/mol. The van der Waals surface area contributed by atoms with Gasteiger partial charge in [-0.3, -0.25) is 0 Å². The molecule has 16 heavy (non-hydrogen) atoms. The van der Waals surface area contributed by atoms with Crippen molar-refractivity contribution in [1.29, 1.82) is 0 Å². The van der Waals surface area contributed by atoms with Gasteiger partial charge in [0.1, 0.15) is 0 Å². The third-order valence-corrected chi connectivity index (χ3v) is 3.16. The van der Waals surface area contributed by atoms with E-state index in [0.717, 1.165) is 13.1 Å². The number of aromatic nitrogens is 2. The van der Waals surface area contributed by atoms with Crippen molar-refractivity contribution in [2.75, 3.05) is 18.0 Å². The third kappa shape index (κ3) is 1.98. The predicted octanol–water partition coefficient (Wildman–Crippen LogP) is 1.27. The molecule has 2 heterocycles. The van der Waals surface area contributed by atoms with Crippen LogP contribution in [0.3, 0.4) is 0 Å². The van der Waals surface area contributed by atoms with E-state index in [-0.39, 0.29) is 5.56 Å². The number of carbonyl (C=O) groups is 1. The zero-order valence-electron chi connectivity index (χ0n) is 9.42. The van der Waals surface area contributed by atoms with E-state index < -0.39 is 5.97 Å². The third-order valence-electron chi connectivity index (χ3n) is 3.16. The average molecular weight is 221 g/mol. The number of carboxylic acid groups (broad SMARTS) is 1. The topological polar surface area (TPSA) is 66.3 Å². The van der Waals surface area contributed by atoms with E-state index in [1.54, 1.807) is 0 Å². The minimum atomic E-state index is -0.991. The molecule has 0 aromatic carbocycles. The smallest absolute Gasteiger partial charge is 0.338 e. The summed E-state index contributed by atoms with van der Waals surface area (Å²) in [5, 5.41) is 8.73. The molecule has 86 valence electrons. The van der Waals surface area contributed by atoms with Gasteiger partial charge in [-0.05, 0) is 11.8 Å². The molecule has 0 bridgehead atoms. The molecule has 2 atom stereocenters. The van der Waals surface area contributed by atoms with Crippen LogP contribution in [0.1, 0.15) is 24.2 Å². The SMILES string of the molecule is CC1CN(c2ncc(C(=O)O)cn2)CC1C. The minimum absolute atomic E-state index is 0.129. The summed E-state index contributed by atoms with van der Waals surface area (Å²) in [6.07, 6.45) is 2.72. The molecule has 1 aromatic heterocycles. The summed E-state index contributed by atoms with van der Waals surface area (Å²) in [5.74, 6) is 0.890. The van der Waals surface area contributed by atoms with Gasteiger partial charge in [0.15, 0.2) is 0 Å². The van der Waals surface area contributed by atoms with Crippen molar-refractivity contribution in [3.63, 3.8) is 0 Å². The van der Waals surface area contributed by atoms with Gasteiger partial charge in [-0.1, -0.05) is 13.8 Å². The van der Waals surface area contributed by atoms with Crippen molar-refractivity contribution in [2.24, 2.45) is 11.8 Å². The summed E-state index contributed by atoms with van der Waals surface area (Å²) in [6, 6.07) is 0. The Kier molecular flexibility index (Phi) is 2.77. The highest BCUT2D eigenvalue weighted by molar-refractivity contribution is 5.86. The van der Waals surface area contributed by atoms with Crippen molar-refractivity contribution < 1.29 is 9.90 Å². The van der Waals surface area contributed by atoms with Crippen LogP contribution in [0.5, 0.6) is 0 Å². The van der Waals surface area contributed by atoms with Gasteiger partial charge in [0.25, 0.3) is 0 Å². The molecule has 2 rings (SSSR count). The fourth-order valence-corrected chi connectivity index (χ4v) is 1.89. The molecule has 1 saturated heterocycles. The molecule has 1 aromatic rings. The van der Waals surface area contributed by atoms with E-state index in [1.807, 2.05) is 0 Å². The van der Waals surface area contributed by atoms with Crippen molar-refractivity contribution in [1.82, 2.24) is 9.97 Å². The summed E-state index contributed by atoms with van der Waals surface area (Å²) >= 11 is 0.